The fraction of sp³-hybridized carbons (Fsp3) is 0.125. The van der Waals surface area contributed by atoms with Crippen LogP contribution in [0.15, 0.2) is 45.8 Å². The summed E-state index contributed by atoms with van der Waals surface area (Å²) in [5, 5.41) is 25.5. The van der Waals surface area contributed by atoms with Gasteiger partial charge in [0.1, 0.15) is 6.54 Å². The number of hydrogen-bond donors (Lipinski definition) is 0. The van der Waals surface area contributed by atoms with Gasteiger partial charge in [0.2, 0.25) is 11.7 Å². The predicted molar refractivity (Wildman–Crippen MR) is 94.2 cm³/mol. The molecule has 0 N–H and O–H groups in total. The number of ether oxygens (including phenoxy) is 1. The van der Waals surface area contributed by atoms with Gasteiger partial charge < -0.3 is 9.26 Å². The molecule has 0 fully saturated rings. The van der Waals surface area contributed by atoms with Gasteiger partial charge in [-0.05, 0) is 12.1 Å². The Labute approximate surface area is 160 Å². The van der Waals surface area contributed by atoms with Crippen LogP contribution in [0, 0.1) is 20.2 Å². The molecule has 0 amide bonds. The molecule has 2 heterocycles. The third kappa shape index (κ3) is 3.97. The van der Waals surface area contributed by atoms with Gasteiger partial charge >= 0.3 is 17.2 Å². The lowest BCUT2D eigenvalue weighted by atomic mass is 10.2. The molecule has 3 rings (SSSR count). The molecule has 0 spiro atoms. The minimum absolute atomic E-state index is 0.0724. The minimum Gasteiger partial charge on any atom is -0.465 e. The highest BCUT2D eigenvalue weighted by Crippen LogP contribution is 2.20. The van der Waals surface area contributed by atoms with Crippen molar-refractivity contribution >= 4 is 17.3 Å². The maximum absolute atomic E-state index is 12.3. The van der Waals surface area contributed by atoms with Crippen molar-refractivity contribution in [2.75, 3.05) is 7.11 Å². The first kappa shape index (κ1) is 19.3. The number of carbonyl (C=O) groups excluding carboxylic acids is 1. The van der Waals surface area contributed by atoms with Crippen LogP contribution < -0.4 is 5.56 Å². The van der Waals surface area contributed by atoms with E-state index in [2.05, 4.69) is 14.9 Å². The summed E-state index contributed by atoms with van der Waals surface area (Å²) >= 11 is 0. The van der Waals surface area contributed by atoms with Crippen molar-refractivity contribution in [3.8, 4) is 11.4 Å². The predicted octanol–water partition coefficient (Wildman–Crippen LogP) is 1.55. The molecule has 29 heavy (non-hydrogen) atoms. The molecular weight excluding hydrogens is 390 g/mol. The Balaban J connectivity index is 1.93. The lowest BCUT2D eigenvalue weighted by Gasteiger charge is -2.05. The number of pyridine rings is 1. The molecule has 0 saturated carbocycles. The highest BCUT2D eigenvalue weighted by Gasteiger charge is 2.21. The van der Waals surface area contributed by atoms with Crippen LogP contribution in [0.25, 0.3) is 11.4 Å². The highest BCUT2D eigenvalue weighted by atomic mass is 16.6. The van der Waals surface area contributed by atoms with Crippen LogP contribution in [-0.2, 0) is 11.3 Å². The van der Waals surface area contributed by atoms with Crippen LogP contribution in [0.5, 0.6) is 0 Å². The van der Waals surface area contributed by atoms with Crippen molar-refractivity contribution in [1.82, 2.24) is 14.7 Å². The van der Waals surface area contributed by atoms with E-state index in [1.807, 2.05) is 0 Å². The van der Waals surface area contributed by atoms with Gasteiger partial charge in [0.15, 0.2) is 0 Å². The Morgan fingerprint density at radius 1 is 1.21 bits per heavy atom. The molecule has 0 bridgehead atoms. The lowest BCUT2D eigenvalue weighted by molar-refractivity contribution is -0.386. The van der Waals surface area contributed by atoms with E-state index >= 15 is 0 Å². The van der Waals surface area contributed by atoms with Gasteiger partial charge in [0.25, 0.3) is 5.69 Å². The number of methoxy groups -OCH3 is 1. The van der Waals surface area contributed by atoms with Crippen LogP contribution in [0.3, 0.4) is 0 Å². The van der Waals surface area contributed by atoms with Gasteiger partial charge in [-0.2, -0.15) is 4.98 Å². The number of nitro groups is 2. The molecular formula is C16H11N5O8. The van der Waals surface area contributed by atoms with Crippen molar-refractivity contribution < 1.29 is 23.9 Å². The molecule has 0 atom stereocenters. The van der Waals surface area contributed by atoms with Crippen molar-refractivity contribution in [2.24, 2.45) is 0 Å². The van der Waals surface area contributed by atoms with E-state index in [0.717, 1.165) is 23.9 Å². The second kappa shape index (κ2) is 7.67. The van der Waals surface area contributed by atoms with Crippen molar-refractivity contribution in [2.45, 2.75) is 6.54 Å². The first-order valence-electron chi connectivity index (χ1n) is 7.84. The number of aromatic nitrogens is 3. The van der Waals surface area contributed by atoms with Crippen LogP contribution in [0.2, 0.25) is 0 Å². The number of carbonyl (C=O) groups is 1. The first-order chi connectivity index (χ1) is 13.8. The van der Waals surface area contributed by atoms with Crippen molar-refractivity contribution in [1.29, 1.82) is 0 Å². The number of benzene rings is 1. The van der Waals surface area contributed by atoms with E-state index < -0.39 is 27.1 Å². The second-order valence-corrected chi connectivity index (χ2v) is 5.61. The zero-order chi connectivity index (χ0) is 21.1. The van der Waals surface area contributed by atoms with E-state index in [1.54, 1.807) is 0 Å². The lowest BCUT2D eigenvalue weighted by Crippen LogP contribution is -2.24. The largest absolute Gasteiger partial charge is 0.465 e. The standard InChI is InChI=1S/C16H11N5O8/c1-28-16(23)10-6-12(21(26)27)15(22)19(7-10)8-13-17-14(18-29-13)9-2-4-11(5-3-9)20(24)25/h2-7H,8H2,1H3. The zero-order valence-corrected chi connectivity index (χ0v) is 14.7. The number of rotatable bonds is 6. The SMILES string of the molecule is COC(=O)c1cc([N+](=O)[O-])c(=O)n(Cc2nc(-c3ccc([N+](=O)[O-])cc3)no2)c1. The van der Waals surface area contributed by atoms with E-state index in [-0.39, 0.29) is 29.5 Å². The summed E-state index contributed by atoms with van der Waals surface area (Å²) < 4.78 is 10.4. The third-order valence-electron chi connectivity index (χ3n) is 3.79. The Morgan fingerprint density at radius 2 is 1.90 bits per heavy atom. The minimum atomic E-state index is -0.974. The van der Waals surface area contributed by atoms with Gasteiger partial charge in [-0.15, -0.1) is 0 Å². The molecule has 0 aliphatic rings. The van der Waals surface area contributed by atoms with Crippen LogP contribution in [-0.4, -0.2) is 37.6 Å². The summed E-state index contributed by atoms with van der Waals surface area (Å²) in [7, 11) is 1.10. The molecule has 2 aromatic heterocycles. The fourth-order valence-electron chi connectivity index (χ4n) is 2.41. The van der Waals surface area contributed by atoms with Crippen molar-refractivity contribution in [3.63, 3.8) is 0 Å². The Bertz CT molecular complexity index is 1160. The summed E-state index contributed by atoms with van der Waals surface area (Å²) in [5.74, 6) is -0.836. The van der Waals surface area contributed by atoms with Crippen LogP contribution >= 0.6 is 0 Å². The number of nitrogens with zero attached hydrogens (tertiary/aromatic N) is 5. The van der Waals surface area contributed by atoms with E-state index in [1.165, 1.54) is 24.3 Å². The van der Waals surface area contributed by atoms with Gasteiger partial charge in [-0.3, -0.25) is 29.6 Å². The molecule has 0 radical (unpaired) electrons. The molecule has 1 aromatic carbocycles. The molecule has 148 valence electrons. The van der Waals surface area contributed by atoms with Gasteiger partial charge in [0.05, 0.1) is 22.5 Å². The number of non-ortho nitro benzene ring substituents is 1. The third-order valence-corrected chi connectivity index (χ3v) is 3.79. The van der Waals surface area contributed by atoms with Crippen LogP contribution in [0.4, 0.5) is 11.4 Å². The molecule has 0 aliphatic carbocycles. The quantitative estimate of drug-likeness (QED) is 0.335. The topological polar surface area (TPSA) is 174 Å². The summed E-state index contributed by atoms with van der Waals surface area (Å²) in [6.45, 7) is -0.343. The summed E-state index contributed by atoms with van der Waals surface area (Å²) in [6, 6.07) is 6.18. The molecule has 13 nitrogen and oxygen atoms in total. The highest BCUT2D eigenvalue weighted by molar-refractivity contribution is 5.89. The van der Waals surface area contributed by atoms with Crippen molar-refractivity contribution in [3.05, 3.63) is 78.6 Å². The number of nitro benzene ring substituents is 1. The average Bonchev–Trinajstić information content (AvgIpc) is 3.17. The molecule has 3 aromatic rings. The number of esters is 1. The number of hydrogen-bond acceptors (Lipinski definition) is 10. The van der Waals surface area contributed by atoms with E-state index in [4.69, 9.17) is 4.52 Å². The monoisotopic (exact) mass is 401 g/mol. The smallest absolute Gasteiger partial charge is 0.339 e. The molecule has 0 aliphatic heterocycles. The Kier molecular flexibility index (Phi) is 5.12. The fourth-order valence-corrected chi connectivity index (χ4v) is 2.41. The van der Waals surface area contributed by atoms with Crippen LogP contribution in [0.1, 0.15) is 16.2 Å². The Morgan fingerprint density at radius 3 is 2.48 bits per heavy atom. The first-order valence-corrected chi connectivity index (χ1v) is 7.84. The van der Waals surface area contributed by atoms with E-state index in [9.17, 15) is 29.8 Å². The Hall–Kier alpha value is -4.42. The summed E-state index contributed by atoms with van der Waals surface area (Å²) in [4.78, 5) is 48.4. The van der Waals surface area contributed by atoms with Gasteiger partial charge in [-0.1, -0.05) is 5.16 Å². The van der Waals surface area contributed by atoms with E-state index in [0.29, 0.717) is 5.56 Å². The second-order valence-electron chi connectivity index (χ2n) is 5.61. The summed E-state index contributed by atoms with van der Waals surface area (Å²) in [6.07, 6.45) is 1.08. The zero-order valence-electron chi connectivity index (χ0n) is 14.7. The maximum Gasteiger partial charge on any atom is 0.339 e. The molecule has 13 heteroatoms. The van der Waals surface area contributed by atoms with Gasteiger partial charge in [0, 0.05) is 30.0 Å². The maximum atomic E-state index is 12.3. The normalized spacial score (nSPS) is 10.5. The van der Waals surface area contributed by atoms with Gasteiger partial charge in [-0.25, -0.2) is 4.79 Å². The average molecular weight is 401 g/mol. The molecule has 0 saturated heterocycles. The molecule has 0 unspecified atom stereocenters. The summed E-state index contributed by atoms with van der Waals surface area (Å²) in [5.41, 5.74) is -1.68.